The van der Waals surface area contributed by atoms with Crippen molar-refractivity contribution in [3.63, 3.8) is 0 Å². The number of carbonyl (C=O) groups excluding carboxylic acids is 1. The van der Waals surface area contributed by atoms with E-state index >= 15 is 0 Å². The molecule has 0 N–H and O–H groups in total. The first-order valence-electron chi connectivity index (χ1n) is 6.76. The predicted octanol–water partition coefficient (Wildman–Crippen LogP) is 3.63. The number of aryl methyl sites for hydroxylation is 1. The molecule has 0 radical (unpaired) electrons. The summed E-state index contributed by atoms with van der Waals surface area (Å²) in [6, 6.07) is 7.62. The molecule has 4 nitrogen and oxygen atoms in total. The minimum atomic E-state index is -0.532. The van der Waals surface area contributed by atoms with Gasteiger partial charge in [-0.15, -0.1) is 11.6 Å². The van der Waals surface area contributed by atoms with Crippen molar-refractivity contribution in [3.8, 4) is 17.2 Å². The number of fused-ring (bicyclic) bond motifs is 1. The summed E-state index contributed by atoms with van der Waals surface area (Å²) in [5.74, 6) is 1.40. The Morgan fingerprint density at radius 2 is 1.95 bits per heavy atom. The van der Waals surface area contributed by atoms with E-state index in [1.807, 2.05) is 42.7 Å². The van der Waals surface area contributed by atoms with Crippen molar-refractivity contribution in [2.75, 3.05) is 6.79 Å². The summed E-state index contributed by atoms with van der Waals surface area (Å²) in [5.41, 5.74) is 3.46. The van der Waals surface area contributed by atoms with Crippen LogP contribution in [0.5, 0.6) is 11.5 Å². The van der Waals surface area contributed by atoms with Crippen LogP contribution in [-0.4, -0.2) is 22.5 Å². The van der Waals surface area contributed by atoms with Gasteiger partial charge in [0.25, 0.3) is 0 Å². The number of halogens is 1. The van der Waals surface area contributed by atoms with E-state index in [-0.39, 0.29) is 12.6 Å². The molecule has 0 saturated heterocycles. The topological polar surface area (TPSA) is 40.5 Å². The first-order valence-corrected chi connectivity index (χ1v) is 7.20. The summed E-state index contributed by atoms with van der Waals surface area (Å²) < 4.78 is 12.8. The third-order valence-corrected chi connectivity index (χ3v) is 3.87. The Hall–Kier alpha value is -1.94. The Kier molecular flexibility index (Phi) is 3.41. The SMILES string of the molecule is Cc1cc(C(=O)C(C)Cl)c(C)n1-c1ccc2c(c1)OCO2. The van der Waals surface area contributed by atoms with Gasteiger partial charge in [0.1, 0.15) is 0 Å². The molecule has 0 aliphatic carbocycles. The fraction of sp³-hybridized carbons (Fsp3) is 0.312. The number of carbonyl (C=O) groups is 1. The highest BCUT2D eigenvalue weighted by molar-refractivity contribution is 6.33. The number of ether oxygens (including phenoxy) is 2. The molecule has 5 heteroatoms. The lowest BCUT2D eigenvalue weighted by molar-refractivity contribution is 0.0991. The highest BCUT2D eigenvalue weighted by Crippen LogP contribution is 2.35. The van der Waals surface area contributed by atoms with Gasteiger partial charge in [-0.2, -0.15) is 0 Å². The Morgan fingerprint density at radius 1 is 1.24 bits per heavy atom. The predicted molar refractivity (Wildman–Crippen MR) is 81.0 cm³/mol. The van der Waals surface area contributed by atoms with Crippen LogP contribution >= 0.6 is 11.6 Å². The lowest BCUT2D eigenvalue weighted by Crippen LogP contribution is -2.11. The third-order valence-electron chi connectivity index (χ3n) is 3.67. The quantitative estimate of drug-likeness (QED) is 0.642. The van der Waals surface area contributed by atoms with Gasteiger partial charge in [-0.3, -0.25) is 4.79 Å². The van der Waals surface area contributed by atoms with E-state index in [2.05, 4.69) is 0 Å². The van der Waals surface area contributed by atoms with Crippen molar-refractivity contribution in [2.24, 2.45) is 0 Å². The van der Waals surface area contributed by atoms with Gasteiger partial charge in [0.2, 0.25) is 6.79 Å². The van der Waals surface area contributed by atoms with E-state index in [0.29, 0.717) is 5.56 Å². The van der Waals surface area contributed by atoms with E-state index in [0.717, 1.165) is 28.6 Å². The Balaban J connectivity index is 2.09. The minimum Gasteiger partial charge on any atom is -0.454 e. The molecule has 21 heavy (non-hydrogen) atoms. The zero-order chi connectivity index (χ0) is 15.1. The molecule has 0 saturated carbocycles. The summed E-state index contributed by atoms with van der Waals surface area (Å²) in [6.45, 7) is 5.82. The molecule has 2 heterocycles. The molecule has 1 unspecified atom stereocenters. The van der Waals surface area contributed by atoms with Crippen LogP contribution in [0.2, 0.25) is 0 Å². The van der Waals surface area contributed by atoms with Crippen LogP contribution < -0.4 is 9.47 Å². The summed E-state index contributed by atoms with van der Waals surface area (Å²) in [5, 5.41) is -0.532. The lowest BCUT2D eigenvalue weighted by atomic mass is 10.1. The molecule has 1 aliphatic rings. The molecule has 2 aromatic rings. The van der Waals surface area contributed by atoms with Crippen LogP contribution in [0.4, 0.5) is 0 Å². The van der Waals surface area contributed by atoms with Gasteiger partial charge >= 0.3 is 0 Å². The van der Waals surface area contributed by atoms with Gasteiger partial charge in [0.05, 0.1) is 5.38 Å². The number of ketones is 1. The van der Waals surface area contributed by atoms with Crippen molar-refractivity contribution >= 4 is 17.4 Å². The first-order chi connectivity index (χ1) is 9.99. The highest BCUT2D eigenvalue weighted by Gasteiger charge is 2.21. The maximum absolute atomic E-state index is 12.2. The van der Waals surface area contributed by atoms with Gasteiger partial charge in [-0.25, -0.2) is 0 Å². The van der Waals surface area contributed by atoms with Crippen LogP contribution in [0.25, 0.3) is 5.69 Å². The van der Waals surface area contributed by atoms with E-state index in [1.54, 1.807) is 6.92 Å². The molecule has 1 atom stereocenters. The standard InChI is InChI=1S/C16H16ClNO3/c1-9-6-13(16(19)10(2)17)11(3)18(9)12-4-5-14-15(7-12)21-8-20-14/h4-7,10H,8H2,1-3H3. The largest absolute Gasteiger partial charge is 0.454 e. The summed E-state index contributed by atoms with van der Waals surface area (Å²) in [6.07, 6.45) is 0. The zero-order valence-electron chi connectivity index (χ0n) is 12.1. The van der Waals surface area contributed by atoms with Crippen LogP contribution in [0.1, 0.15) is 28.7 Å². The fourth-order valence-electron chi connectivity index (χ4n) is 2.65. The molecule has 0 bridgehead atoms. The lowest BCUT2D eigenvalue weighted by Gasteiger charge is -2.11. The molecular formula is C16H16ClNO3. The van der Waals surface area contributed by atoms with Crippen molar-refractivity contribution in [2.45, 2.75) is 26.1 Å². The van der Waals surface area contributed by atoms with Crippen molar-refractivity contribution in [3.05, 3.63) is 41.2 Å². The molecule has 1 aliphatic heterocycles. The monoisotopic (exact) mass is 305 g/mol. The smallest absolute Gasteiger partial charge is 0.231 e. The number of aromatic nitrogens is 1. The van der Waals surface area contributed by atoms with Crippen molar-refractivity contribution in [1.82, 2.24) is 4.57 Å². The first kappa shape index (κ1) is 14.0. The van der Waals surface area contributed by atoms with Gasteiger partial charge in [0.15, 0.2) is 17.3 Å². The van der Waals surface area contributed by atoms with Gasteiger partial charge < -0.3 is 14.0 Å². The van der Waals surface area contributed by atoms with Crippen molar-refractivity contribution in [1.29, 1.82) is 0 Å². The van der Waals surface area contributed by atoms with E-state index < -0.39 is 5.38 Å². The van der Waals surface area contributed by atoms with Crippen LogP contribution in [0.3, 0.4) is 0 Å². The highest BCUT2D eigenvalue weighted by atomic mass is 35.5. The normalized spacial score (nSPS) is 14.3. The Labute approximate surface area is 128 Å². The molecular weight excluding hydrogens is 290 g/mol. The Morgan fingerprint density at radius 3 is 2.67 bits per heavy atom. The minimum absolute atomic E-state index is 0.0586. The second-order valence-corrected chi connectivity index (χ2v) is 5.79. The number of hydrogen-bond acceptors (Lipinski definition) is 3. The summed E-state index contributed by atoms with van der Waals surface area (Å²) in [4.78, 5) is 12.2. The molecule has 1 aromatic carbocycles. The van der Waals surface area contributed by atoms with Crippen LogP contribution in [-0.2, 0) is 0 Å². The second kappa shape index (κ2) is 5.11. The van der Waals surface area contributed by atoms with Crippen LogP contribution in [0, 0.1) is 13.8 Å². The van der Waals surface area contributed by atoms with Gasteiger partial charge in [-0.05, 0) is 39.0 Å². The Bertz CT molecular complexity index is 719. The number of nitrogens with zero attached hydrogens (tertiary/aromatic N) is 1. The second-order valence-electron chi connectivity index (χ2n) is 5.14. The van der Waals surface area contributed by atoms with Crippen molar-refractivity contribution < 1.29 is 14.3 Å². The summed E-state index contributed by atoms with van der Waals surface area (Å²) in [7, 11) is 0. The van der Waals surface area contributed by atoms with E-state index in [9.17, 15) is 4.79 Å². The summed E-state index contributed by atoms with van der Waals surface area (Å²) >= 11 is 5.92. The molecule has 0 amide bonds. The number of alkyl halides is 1. The molecule has 110 valence electrons. The maximum Gasteiger partial charge on any atom is 0.231 e. The number of Topliss-reactive ketones (excluding diaryl/α,β-unsaturated/α-hetero) is 1. The molecule has 0 fully saturated rings. The van der Waals surface area contributed by atoms with Crippen LogP contribution in [0.15, 0.2) is 24.3 Å². The fourth-order valence-corrected chi connectivity index (χ4v) is 2.77. The molecule has 3 rings (SSSR count). The maximum atomic E-state index is 12.2. The average Bonchev–Trinajstić information content (AvgIpc) is 3.01. The number of benzene rings is 1. The van der Waals surface area contributed by atoms with E-state index in [1.165, 1.54) is 0 Å². The zero-order valence-corrected chi connectivity index (χ0v) is 12.9. The van der Waals surface area contributed by atoms with Gasteiger partial charge in [-0.1, -0.05) is 0 Å². The average molecular weight is 306 g/mol. The molecule has 0 spiro atoms. The van der Waals surface area contributed by atoms with Gasteiger partial charge in [0, 0.05) is 28.7 Å². The number of hydrogen-bond donors (Lipinski definition) is 0. The third kappa shape index (κ3) is 2.29. The molecule has 1 aromatic heterocycles. The van der Waals surface area contributed by atoms with E-state index in [4.69, 9.17) is 21.1 Å². The number of rotatable bonds is 3.